The Balaban J connectivity index is 0.000000431. The Bertz CT molecular complexity index is 2930. The Hall–Kier alpha value is -5.91. The monoisotopic (exact) mass is 1030 g/mol. The minimum Gasteiger partial charge on any atom is -0.406 e. The Morgan fingerprint density at radius 1 is 0.597 bits per heavy atom. The van der Waals surface area contributed by atoms with E-state index in [4.69, 9.17) is 13.4 Å². The second-order valence-electron chi connectivity index (χ2n) is 16.2. The molecule has 1 aliphatic rings. The first kappa shape index (κ1) is 64.1. The van der Waals surface area contributed by atoms with Gasteiger partial charge in [-0.2, -0.15) is 0 Å². The first-order chi connectivity index (χ1) is 34.7. The van der Waals surface area contributed by atoms with E-state index in [-0.39, 0.29) is 0 Å². The Labute approximate surface area is 435 Å². The van der Waals surface area contributed by atoms with Gasteiger partial charge in [-0.3, -0.25) is 15.0 Å². The molecule has 0 atom stereocenters. The van der Waals surface area contributed by atoms with E-state index >= 15 is 0 Å². The topological polar surface area (TPSA) is 207 Å². The van der Waals surface area contributed by atoms with Crippen molar-refractivity contribution in [2.24, 2.45) is 0 Å². The largest absolute Gasteiger partial charge is 0.418 e. The fourth-order valence-electron chi connectivity index (χ4n) is 6.23. The first-order valence-electron chi connectivity index (χ1n) is 25.7. The van der Waals surface area contributed by atoms with Crippen LogP contribution < -0.4 is 16.8 Å². The van der Waals surface area contributed by atoms with Crippen molar-refractivity contribution < 1.29 is 13.4 Å². The van der Waals surface area contributed by atoms with Gasteiger partial charge < -0.3 is 18.7 Å². The van der Waals surface area contributed by atoms with Gasteiger partial charge in [-0.05, 0) is 59.6 Å². The molecule has 0 spiro atoms. The number of H-pyrrole nitrogens is 2. The minimum atomic E-state index is -0.455. The molecule has 0 aromatic carbocycles. The molecule has 9 aromatic heterocycles. The third-order valence-electron chi connectivity index (χ3n) is 9.76. The maximum Gasteiger partial charge on any atom is 0.418 e. The van der Waals surface area contributed by atoms with E-state index in [1.54, 1.807) is 36.1 Å². The maximum absolute atomic E-state index is 10.9. The maximum atomic E-state index is 10.9. The van der Waals surface area contributed by atoms with Crippen LogP contribution in [0, 0.1) is 0 Å². The van der Waals surface area contributed by atoms with Crippen LogP contribution in [0.1, 0.15) is 206 Å². The molecule has 0 fully saturated rings. The van der Waals surface area contributed by atoms with Crippen molar-refractivity contribution in [1.82, 2.24) is 50.3 Å². The summed E-state index contributed by atoms with van der Waals surface area (Å²) >= 11 is 3.47. The third-order valence-corrected chi connectivity index (χ3v) is 11.9. The second kappa shape index (κ2) is 34.5. The molecule has 1 aliphatic heterocycles. The first-order valence-corrected chi connectivity index (χ1v) is 27.4. The molecule has 0 aliphatic carbocycles. The highest BCUT2D eigenvalue weighted by atomic mass is 32.1. The number of aromatic amines is 2. The summed E-state index contributed by atoms with van der Waals surface area (Å²) in [6.45, 7) is 43.3. The number of thiazole rings is 2. The highest BCUT2D eigenvalue weighted by Gasteiger charge is 2.16. The number of aromatic nitrogens is 9. The molecule has 396 valence electrons. The van der Waals surface area contributed by atoms with Crippen molar-refractivity contribution in [1.29, 1.82) is 0 Å². The average Bonchev–Trinajstić information content (AvgIpc) is 4.27. The van der Waals surface area contributed by atoms with Crippen molar-refractivity contribution in [3.05, 3.63) is 120 Å². The van der Waals surface area contributed by atoms with Crippen LogP contribution in [0.4, 0.5) is 0 Å². The Morgan fingerprint density at radius 2 is 1.21 bits per heavy atom. The number of nitrogens with one attached hydrogen (secondary N) is 3. The molecule has 0 unspecified atom stereocenters. The van der Waals surface area contributed by atoms with E-state index in [1.807, 2.05) is 130 Å². The number of nitrogens with zero attached hydrogens (tertiary/aromatic N) is 7. The molecular weight excluding hydrogens is 945 g/mol. The van der Waals surface area contributed by atoms with Crippen LogP contribution in [-0.2, 0) is 13.0 Å². The minimum absolute atomic E-state index is 0.324. The van der Waals surface area contributed by atoms with Gasteiger partial charge in [0.25, 0.3) is 0 Å². The van der Waals surface area contributed by atoms with Gasteiger partial charge in [-0.25, -0.2) is 34.5 Å². The van der Waals surface area contributed by atoms with Crippen molar-refractivity contribution >= 4 is 66.6 Å². The number of pyridine rings is 4. The number of rotatable bonds is 5. The SMILES string of the molecule is CC.CC.CC.CC.CC.CC(C)c1ccc2ncsc2n1.CC(C)c1ccnc2[nH]c(=O)oc12.CC(C)c1ccnc2cnoc12.CC(C)c1cnc2[nH]c(=O)oc2c1.CC(C)c1nc2c(s1)CNCC2. The van der Waals surface area contributed by atoms with E-state index in [0.29, 0.717) is 52.0 Å². The summed E-state index contributed by atoms with van der Waals surface area (Å²) in [6.07, 6.45) is 7.95. The zero-order valence-electron chi connectivity index (χ0n) is 46.8. The zero-order valence-corrected chi connectivity index (χ0v) is 48.4. The van der Waals surface area contributed by atoms with Gasteiger partial charge in [0.2, 0.25) is 0 Å². The molecule has 0 saturated heterocycles. The molecule has 10 rings (SSSR count). The number of hydrogen-bond donors (Lipinski definition) is 3. The fraction of sp³-hybridized carbons (Fsp3) is 0.509. The van der Waals surface area contributed by atoms with E-state index in [0.717, 1.165) is 63.3 Å². The smallest absolute Gasteiger partial charge is 0.406 e. The van der Waals surface area contributed by atoms with Crippen LogP contribution in [0.5, 0.6) is 0 Å². The highest BCUT2D eigenvalue weighted by Crippen LogP contribution is 2.27. The van der Waals surface area contributed by atoms with Crippen molar-refractivity contribution in [3.63, 3.8) is 0 Å². The second-order valence-corrected chi connectivity index (χ2v) is 18.1. The van der Waals surface area contributed by atoms with E-state index in [1.165, 1.54) is 15.6 Å². The van der Waals surface area contributed by atoms with Gasteiger partial charge in [-0.15, -0.1) is 22.7 Å². The zero-order chi connectivity index (χ0) is 54.5. The van der Waals surface area contributed by atoms with Crippen LogP contribution in [0.2, 0.25) is 0 Å². The molecule has 0 bridgehead atoms. The van der Waals surface area contributed by atoms with Crippen molar-refractivity contribution in [2.45, 2.75) is 181 Å². The third kappa shape index (κ3) is 19.3. The standard InChI is InChI=1S/2C9H10N2O2.C9H10N2O.C9H14N2S.C9H10N2S.5C2H6/c1-5(2)6-3-7-8(10-4-6)11-9(12)13-7;1-5(2)6-3-4-10-8-7(6)13-9(12)11-8;1-6(2)7-3-4-10-8-5-11-12-9(7)8;1-6(2)9-11-7-3-4-10-5-8(7)12-9;1-6(2)7-3-4-8-9(11-7)12-5-10-8;5*1-2/h2*3-5H,1-2H3,(H,10,11,12);3-6H,1-2H3;6,10H,3-5H2,1-2H3;3-6H,1-2H3;5*1-2H3. The van der Waals surface area contributed by atoms with Crippen LogP contribution in [0.25, 0.3) is 43.9 Å². The summed E-state index contributed by atoms with van der Waals surface area (Å²) in [5.41, 5.74) is 12.3. The Morgan fingerprint density at radius 3 is 1.81 bits per heavy atom. The lowest BCUT2D eigenvalue weighted by molar-refractivity contribution is 0.452. The number of oxazole rings is 2. The van der Waals surface area contributed by atoms with Crippen LogP contribution in [0.15, 0.2) is 83.6 Å². The molecular formula is C55H84N10O5S2. The van der Waals surface area contributed by atoms with Gasteiger partial charge in [0.05, 0.1) is 27.9 Å². The lowest BCUT2D eigenvalue weighted by Gasteiger charge is -2.09. The van der Waals surface area contributed by atoms with Crippen LogP contribution in [-0.4, -0.2) is 51.6 Å². The number of fused-ring (bicyclic) bond motifs is 5. The predicted molar refractivity (Wildman–Crippen MR) is 303 cm³/mol. The quantitative estimate of drug-likeness (QED) is 0.147. The lowest BCUT2D eigenvalue weighted by Crippen LogP contribution is -2.22. The van der Waals surface area contributed by atoms with E-state index in [9.17, 15) is 9.59 Å². The van der Waals surface area contributed by atoms with Gasteiger partial charge >= 0.3 is 11.5 Å². The summed E-state index contributed by atoms with van der Waals surface area (Å²) < 4.78 is 15.0. The molecule has 3 N–H and O–H groups in total. The summed E-state index contributed by atoms with van der Waals surface area (Å²) in [4.78, 5) is 54.7. The highest BCUT2D eigenvalue weighted by molar-refractivity contribution is 7.16. The molecule has 17 heteroatoms. The average molecular weight is 1030 g/mol. The van der Waals surface area contributed by atoms with Gasteiger partial charge in [0, 0.05) is 65.7 Å². The van der Waals surface area contributed by atoms with Gasteiger partial charge in [-0.1, -0.05) is 144 Å². The van der Waals surface area contributed by atoms with E-state index in [2.05, 4.69) is 106 Å². The van der Waals surface area contributed by atoms with Crippen LogP contribution >= 0.6 is 22.7 Å². The molecule has 0 radical (unpaired) electrons. The fourth-order valence-corrected chi connectivity index (χ4v) is 7.98. The van der Waals surface area contributed by atoms with Crippen molar-refractivity contribution in [3.8, 4) is 0 Å². The van der Waals surface area contributed by atoms with Gasteiger partial charge in [0.15, 0.2) is 28.0 Å². The van der Waals surface area contributed by atoms with Crippen molar-refractivity contribution in [2.75, 3.05) is 6.54 Å². The lowest BCUT2D eigenvalue weighted by atomic mass is 10.0. The number of hydrogen-bond acceptors (Lipinski definition) is 15. The van der Waals surface area contributed by atoms with Crippen LogP contribution in [0.3, 0.4) is 0 Å². The summed E-state index contributed by atoms with van der Waals surface area (Å²) in [5.74, 6) is 1.33. The molecule has 9 aromatic rings. The molecule has 0 amide bonds. The molecule has 15 nitrogen and oxygen atoms in total. The Kier molecular flexibility index (Phi) is 30.7. The molecule has 0 saturated carbocycles. The predicted octanol–water partition coefficient (Wildman–Crippen LogP) is 15.5. The summed E-state index contributed by atoms with van der Waals surface area (Å²) in [5, 5.41) is 8.37. The summed E-state index contributed by atoms with van der Waals surface area (Å²) in [7, 11) is 0. The normalized spacial score (nSPS) is 11.0. The van der Waals surface area contributed by atoms with Gasteiger partial charge in [0.1, 0.15) is 10.3 Å². The molecule has 10 heterocycles. The van der Waals surface area contributed by atoms with E-state index < -0.39 is 11.5 Å². The molecule has 72 heavy (non-hydrogen) atoms. The summed E-state index contributed by atoms with van der Waals surface area (Å²) in [6, 6.07) is 9.76.